The van der Waals surface area contributed by atoms with Gasteiger partial charge in [0.15, 0.2) is 6.10 Å². The Hall–Kier alpha value is -1.52. The predicted molar refractivity (Wildman–Crippen MR) is 213 cm³/mol. The SMILES string of the molecule is CCCCCCCCCCCCCCCCCCCCCCCCCCCCCCC(=O)OC[C@H](COP(=O)(O)OC[C@H](N)C(=O)O)OC(=O)CCC. The zero-order valence-electron chi connectivity index (χ0n) is 33.9. The molecule has 53 heavy (non-hydrogen) atoms. The summed E-state index contributed by atoms with van der Waals surface area (Å²) in [6.45, 7) is 2.39. The van der Waals surface area contributed by atoms with Gasteiger partial charge in [-0.15, -0.1) is 0 Å². The zero-order valence-corrected chi connectivity index (χ0v) is 34.8. The predicted octanol–water partition coefficient (Wildman–Crippen LogP) is 11.1. The largest absolute Gasteiger partial charge is 0.480 e. The molecule has 314 valence electrons. The molecule has 0 amide bonds. The van der Waals surface area contributed by atoms with Crippen molar-refractivity contribution in [2.75, 3.05) is 19.8 Å². The maximum Gasteiger partial charge on any atom is 0.472 e. The molecule has 0 fully saturated rings. The van der Waals surface area contributed by atoms with Crippen molar-refractivity contribution in [3.8, 4) is 0 Å². The van der Waals surface area contributed by atoms with E-state index >= 15 is 0 Å². The van der Waals surface area contributed by atoms with Gasteiger partial charge in [0.1, 0.15) is 12.6 Å². The summed E-state index contributed by atoms with van der Waals surface area (Å²) in [6, 6.07) is -1.51. The molecule has 4 N–H and O–H groups in total. The molecule has 0 aromatic rings. The molecule has 0 aliphatic rings. The van der Waals surface area contributed by atoms with Gasteiger partial charge < -0.3 is 25.2 Å². The number of carbonyl (C=O) groups excluding carboxylic acids is 2. The fourth-order valence-corrected chi connectivity index (χ4v) is 7.00. The Labute approximate surface area is 323 Å². The number of unbranched alkanes of at least 4 members (excludes halogenated alkanes) is 27. The van der Waals surface area contributed by atoms with Gasteiger partial charge in [-0.05, 0) is 12.8 Å². The van der Waals surface area contributed by atoms with E-state index in [1.54, 1.807) is 6.92 Å². The number of carboxylic acid groups (broad SMARTS) is 1. The second-order valence-electron chi connectivity index (χ2n) is 14.8. The fourth-order valence-electron chi connectivity index (χ4n) is 6.22. The van der Waals surface area contributed by atoms with Crippen LogP contribution in [0.4, 0.5) is 0 Å². The van der Waals surface area contributed by atoms with Crippen molar-refractivity contribution in [1.29, 1.82) is 0 Å². The van der Waals surface area contributed by atoms with Gasteiger partial charge >= 0.3 is 25.7 Å². The first-order valence-electron chi connectivity index (χ1n) is 21.6. The van der Waals surface area contributed by atoms with Crippen LogP contribution in [0.3, 0.4) is 0 Å². The minimum atomic E-state index is -4.68. The molecule has 11 nitrogen and oxygen atoms in total. The minimum absolute atomic E-state index is 0.116. The highest BCUT2D eigenvalue weighted by atomic mass is 31.2. The van der Waals surface area contributed by atoms with E-state index in [1.807, 2.05) is 0 Å². The van der Waals surface area contributed by atoms with Crippen molar-refractivity contribution in [2.24, 2.45) is 5.73 Å². The van der Waals surface area contributed by atoms with Crippen molar-refractivity contribution < 1.29 is 47.5 Å². The quantitative estimate of drug-likeness (QED) is 0.0306. The third-order valence-electron chi connectivity index (χ3n) is 9.57. The first-order valence-corrected chi connectivity index (χ1v) is 23.1. The molecule has 3 atom stereocenters. The third kappa shape index (κ3) is 37.2. The molecule has 0 bridgehead atoms. The average molecular weight is 778 g/mol. The lowest BCUT2D eigenvalue weighted by Crippen LogP contribution is -2.34. The Bertz CT molecular complexity index is 921. The van der Waals surface area contributed by atoms with E-state index in [1.165, 1.54) is 154 Å². The third-order valence-corrected chi connectivity index (χ3v) is 10.5. The number of hydrogen-bond acceptors (Lipinski definition) is 9. The molecule has 0 rings (SSSR count). The Morgan fingerprint density at radius 3 is 1.23 bits per heavy atom. The normalized spacial score (nSPS) is 13.7. The number of esters is 2. The molecule has 0 aromatic heterocycles. The molecule has 0 spiro atoms. The smallest absolute Gasteiger partial charge is 0.472 e. The van der Waals surface area contributed by atoms with Gasteiger partial charge in [-0.3, -0.25) is 23.4 Å². The van der Waals surface area contributed by atoms with Crippen LogP contribution in [0.1, 0.15) is 213 Å². The van der Waals surface area contributed by atoms with Crippen LogP contribution in [-0.4, -0.2) is 59.9 Å². The van der Waals surface area contributed by atoms with E-state index in [2.05, 4.69) is 11.4 Å². The van der Waals surface area contributed by atoms with Gasteiger partial charge in [0.25, 0.3) is 0 Å². The van der Waals surface area contributed by atoms with Gasteiger partial charge in [-0.1, -0.05) is 187 Å². The summed E-state index contributed by atoms with van der Waals surface area (Å²) in [5.74, 6) is -2.43. The van der Waals surface area contributed by atoms with Crippen LogP contribution in [0.15, 0.2) is 0 Å². The number of aliphatic carboxylic acids is 1. The first-order chi connectivity index (χ1) is 25.6. The van der Waals surface area contributed by atoms with E-state index in [4.69, 9.17) is 24.8 Å². The molecule has 0 radical (unpaired) electrons. The number of hydrogen-bond donors (Lipinski definition) is 3. The van der Waals surface area contributed by atoms with Crippen molar-refractivity contribution in [3.63, 3.8) is 0 Å². The number of phosphoric acid groups is 1. The number of phosphoric ester groups is 1. The van der Waals surface area contributed by atoms with Crippen LogP contribution in [0.2, 0.25) is 0 Å². The lowest BCUT2D eigenvalue weighted by Gasteiger charge is -2.20. The molecule has 0 aliphatic carbocycles. The van der Waals surface area contributed by atoms with Crippen LogP contribution in [0, 0.1) is 0 Å². The number of nitrogens with two attached hydrogens (primary N) is 1. The van der Waals surface area contributed by atoms with Crippen LogP contribution in [0.25, 0.3) is 0 Å². The lowest BCUT2D eigenvalue weighted by atomic mass is 10.0. The van der Waals surface area contributed by atoms with Gasteiger partial charge in [0.05, 0.1) is 13.2 Å². The maximum atomic E-state index is 12.2. The second-order valence-corrected chi connectivity index (χ2v) is 16.3. The van der Waals surface area contributed by atoms with E-state index in [-0.39, 0.29) is 19.4 Å². The van der Waals surface area contributed by atoms with E-state index in [0.29, 0.717) is 12.8 Å². The molecule has 0 saturated carbocycles. The molecule has 0 aliphatic heterocycles. The van der Waals surface area contributed by atoms with E-state index < -0.39 is 51.1 Å². The summed E-state index contributed by atoms with van der Waals surface area (Å²) < 4.78 is 31.9. The van der Waals surface area contributed by atoms with Gasteiger partial charge in [-0.2, -0.15) is 0 Å². The highest BCUT2D eigenvalue weighted by Crippen LogP contribution is 2.43. The number of carboxylic acids is 1. The molecule has 12 heteroatoms. The van der Waals surface area contributed by atoms with Crippen LogP contribution >= 0.6 is 7.82 Å². The summed E-state index contributed by atoms with van der Waals surface area (Å²) in [5.41, 5.74) is 5.26. The number of carbonyl (C=O) groups is 3. The van der Waals surface area contributed by atoms with E-state index in [9.17, 15) is 23.8 Å². The monoisotopic (exact) mass is 778 g/mol. The summed E-state index contributed by atoms with van der Waals surface area (Å²) in [4.78, 5) is 44.8. The van der Waals surface area contributed by atoms with Crippen molar-refractivity contribution >= 4 is 25.7 Å². The maximum absolute atomic E-state index is 12.2. The van der Waals surface area contributed by atoms with Crippen LogP contribution in [-0.2, 0) is 37.5 Å². The fraction of sp³-hybridized carbons (Fsp3) is 0.927. The summed E-state index contributed by atoms with van der Waals surface area (Å²) in [6.07, 6.45) is 37.0. The van der Waals surface area contributed by atoms with Gasteiger partial charge in [0, 0.05) is 12.8 Å². The molecule has 0 heterocycles. The Balaban J connectivity index is 3.67. The molecular weight excluding hydrogens is 697 g/mol. The Morgan fingerprint density at radius 1 is 0.509 bits per heavy atom. The molecule has 1 unspecified atom stereocenters. The Kier molecular flexibility index (Phi) is 36.3. The average Bonchev–Trinajstić information content (AvgIpc) is 3.13. The minimum Gasteiger partial charge on any atom is -0.480 e. The van der Waals surface area contributed by atoms with Crippen molar-refractivity contribution in [3.05, 3.63) is 0 Å². The number of rotatable bonds is 41. The van der Waals surface area contributed by atoms with Crippen LogP contribution in [0.5, 0.6) is 0 Å². The zero-order chi connectivity index (χ0) is 39.3. The Morgan fingerprint density at radius 2 is 0.868 bits per heavy atom. The second kappa shape index (κ2) is 37.4. The summed E-state index contributed by atoms with van der Waals surface area (Å²) >= 11 is 0. The highest BCUT2D eigenvalue weighted by Gasteiger charge is 2.28. The summed E-state index contributed by atoms with van der Waals surface area (Å²) in [7, 11) is -4.68. The van der Waals surface area contributed by atoms with E-state index in [0.717, 1.165) is 19.3 Å². The van der Waals surface area contributed by atoms with Crippen molar-refractivity contribution in [1.82, 2.24) is 0 Å². The molecule has 0 aromatic carbocycles. The summed E-state index contributed by atoms with van der Waals surface area (Å²) in [5, 5.41) is 8.78. The molecular formula is C41H80NO10P. The van der Waals surface area contributed by atoms with Gasteiger partial charge in [0.2, 0.25) is 0 Å². The topological polar surface area (TPSA) is 172 Å². The molecule has 0 saturated heterocycles. The first kappa shape index (κ1) is 51.5. The van der Waals surface area contributed by atoms with Gasteiger partial charge in [-0.25, -0.2) is 4.57 Å². The number of ether oxygens (including phenoxy) is 2. The lowest BCUT2D eigenvalue weighted by molar-refractivity contribution is -0.161. The highest BCUT2D eigenvalue weighted by molar-refractivity contribution is 7.47. The standard InChI is InChI=1S/C41H80NO10P/c1-3-5-6-7-8-9-10-11-12-13-14-15-16-17-18-19-20-21-22-23-24-25-26-27-28-29-30-31-33-39(43)49-34-37(52-40(44)32-4-2)35-50-53(47,48)51-36-38(42)41(45)46/h37-38H,3-36,42H2,1-2H3,(H,45,46)(H,47,48)/t37-,38+/m1/s1. The van der Waals surface area contributed by atoms with Crippen molar-refractivity contribution in [2.45, 2.75) is 225 Å². The van der Waals surface area contributed by atoms with Crippen LogP contribution < -0.4 is 5.73 Å².